The Morgan fingerprint density at radius 1 is 1.44 bits per heavy atom. The Morgan fingerprint density at radius 3 is 2.88 bits per heavy atom. The molecule has 1 heterocycles. The monoisotopic (exact) mass is 225 g/mol. The SMILES string of the molecule is CCC(C)OC(=O)C1CC2CCCCC2N1. The molecule has 1 saturated carbocycles. The van der Waals surface area contributed by atoms with E-state index >= 15 is 0 Å². The van der Waals surface area contributed by atoms with Crippen LogP contribution in [0, 0.1) is 5.92 Å². The number of carbonyl (C=O) groups excluding carboxylic acids is 1. The summed E-state index contributed by atoms with van der Waals surface area (Å²) >= 11 is 0. The molecule has 16 heavy (non-hydrogen) atoms. The van der Waals surface area contributed by atoms with Crippen molar-refractivity contribution in [1.29, 1.82) is 0 Å². The normalized spacial score (nSPS) is 35.5. The summed E-state index contributed by atoms with van der Waals surface area (Å²) in [5.74, 6) is 0.673. The van der Waals surface area contributed by atoms with Crippen LogP contribution in [-0.4, -0.2) is 24.2 Å². The molecule has 4 unspecified atom stereocenters. The molecule has 92 valence electrons. The van der Waals surface area contributed by atoms with Crippen LogP contribution >= 0.6 is 0 Å². The summed E-state index contributed by atoms with van der Waals surface area (Å²) in [4.78, 5) is 11.9. The quantitative estimate of drug-likeness (QED) is 0.749. The molecule has 0 amide bonds. The second-order valence-electron chi connectivity index (χ2n) is 5.26. The molecule has 1 N–H and O–H groups in total. The average molecular weight is 225 g/mol. The van der Waals surface area contributed by atoms with Crippen LogP contribution in [0.15, 0.2) is 0 Å². The van der Waals surface area contributed by atoms with Gasteiger partial charge < -0.3 is 10.1 Å². The van der Waals surface area contributed by atoms with Crippen molar-refractivity contribution in [1.82, 2.24) is 5.32 Å². The highest BCUT2D eigenvalue weighted by molar-refractivity contribution is 5.76. The summed E-state index contributed by atoms with van der Waals surface area (Å²) in [6, 6.07) is 0.533. The van der Waals surface area contributed by atoms with Crippen LogP contribution in [0.2, 0.25) is 0 Å². The smallest absolute Gasteiger partial charge is 0.323 e. The van der Waals surface area contributed by atoms with Crippen molar-refractivity contribution in [3.8, 4) is 0 Å². The summed E-state index contributed by atoms with van der Waals surface area (Å²) in [6.07, 6.45) is 7.09. The molecule has 0 aromatic heterocycles. The van der Waals surface area contributed by atoms with E-state index in [2.05, 4.69) is 5.32 Å². The third-order valence-electron chi connectivity index (χ3n) is 4.04. The summed E-state index contributed by atoms with van der Waals surface area (Å²) in [7, 11) is 0. The molecule has 1 saturated heterocycles. The lowest BCUT2D eigenvalue weighted by Crippen LogP contribution is -2.38. The van der Waals surface area contributed by atoms with Gasteiger partial charge in [-0.15, -0.1) is 0 Å². The van der Waals surface area contributed by atoms with Crippen molar-refractivity contribution >= 4 is 5.97 Å². The van der Waals surface area contributed by atoms with E-state index < -0.39 is 0 Å². The number of esters is 1. The van der Waals surface area contributed by atoms with Crippen LogP contribution in [0.25, 0.3) is 0 Å². The van der Waals surface area contributed by atoms with Crippen molar-refractivity contribution in [2.45, 2.75) is 70.6 Å². The van der Waals surface area contributed by atoms with Crippen LogP contribution in [0.1, 0.15) is 52.4 Å². The molecule has 1 aliphatic carbocycles. The second kappa shape index (κ2) is 5.17. The highest BCUT2D eigenvalue weighted by Gasteiger charge is 2.39. The lowest BCUT2D eigenvalue weighted by Gasteiger charge is -2.24. The minimum Gasteiger partial charge on any atom is -0.462 e. The van der Waals surface area contributed by atoms with Crippen LogP contribution < -0.4 is 5.32 Å². The molecule has 0 spiro atoms. The van der Waals surface area contributed by atoms with Gasteiger partial charge in [-0.3, -0.25) is 4.79 Å². The summed E-state index contributed by atoms with van der Waals surface area (Å²) < 4.78 is 5.39. The third kappa shape index (κ3) is 2.57. The molecule has 2 fully saturated rings. The van der Waals surface area contributed by atoms with E-state index in [0.29, 0.717) is 12.0 Å². The minimum atomic E-state index is -0.0397. The van der Waals surface area contributed by atoms with Crippen molar-refractivity contribution in [2.24, 2.45) is 5.92 Å². The maximum atomic E-state index is 11.9. The molecule has 0 aromatic carbocycles. The van der Waals surface area contributed by atoms with Crippen LogP contribution in [-0.2, 0) is 9.53 Å². The lowest BCUT2D eigenvalue weighted by atomic mass is 9.85. The molecular weight excluding hydrogens is 202 g/mol. The second-order valence-corrected chi connectivity index (χ2v) is 5.26. The lowest BCUT2D eigenvalue weighted by molar-refractivity contribution is -0.150. The zero-order chi connectivity index (χ0) is 11.5. The zero-order valence-electron chi connectivity index (χ0n) is 10.4. The summed E-state index contributed by atoms with van der Waals surface area (Å²) in [5.41, 5.74) is 0. The maximum Gasteiger partial charge on any atom is 0.323 e. The molecule has 0 radical (unpaired) electrons. The molecule has 1 aliphatic heterocycles. The predicted octanol–water partition coefficient (Wildman–Crippen LogP) is 2.25. The number of nitrogens with one attached hydrogen (secondary N) is 1. The van der Waals surface area contributed by atoms with Gasteiger partial charge in [-0.05, 0) is 38.5 Å². The largest absolute Gasteiger partial charge is 0.462 e. The van der Waals surface area contributed by atoms with Crippen LogP contribution in [0.4, 0.5) is 0 Å². The van der Waals surface area contributed by atoms with Crippen LogP contribution in [0.3, 0.4) is 0 Å². The molecule has 2 rings (SSSR count). The van der Waals surface area contributed by atoms with Gasteiger partial charge in [0.25, 0.3) is 0 Å². The fourth-order valence-corrected chi connectivity index (χ4v) is 2.87. The van der Waals surface area contributed by atoms with Crippen molar-refractivity contribution in [3.05, 3.63) is 0 Å². The Morgan fingerprint density at radius 2 is 2.19 bits per heavy atom. The first-order valence-electron chi connectivity index (χ1n) is 6.67. The van der Waals surface area contributed by atoms with Gasteiger partial charge in [0, 0.05) is 6.04 Å². The van der Waals surface area contributed by atoms with Crippen LogP contribution in [0.5, 0.6) is 0 Å². The zero-order valence-corrected chi connectivity index (χ0v) is 10.4. The maximum absolute atomic E-state index is 11.9. The summed E-state index contributed by atoms with van der Waals surface area (Å²) in [6.45, 7) is 4.00. The van der Waals surface area contributed by atoms with Crippen molar-refractivity contribution in [2.75, 3.05) is 0 Å². The molecule has 2 aliphatic rings. The first-order chi connectivity index (χ1) is 7.70. The number of carbonyl (C=O) groups is 1. The van der Waals surface area contributed by atoms with Crippen molar-refractivity contribution < 1.29 is 9.53 Å². The van der Waals surface area contributed by atoms with E-state index in [1.165, 1.54) is 25.7 Å². The number of hydrogen-bond donors (Lipinski definition) is 1. The van der Waals surface area contributed by atoms with Gasteiger partial charge in [-0.1, -0.05) is 19.8 Å². The first-order valence-corrected chi connectivity index (χ1v) is 6.67. The van der Waals surface area contributed by atoms with Gasteiger partial charge in [-0.25, -0.2) is 0 Å². The highest BCUT2D eigenvalue weighted by atomic mass is 16.5. The van der Waals surface area contributed by atoms with E-state index in [4.69, 9.17) is 4.74 Å². The van der Waals surface area contributed by atoms with E-state index in [1.807, 2.05) is 13.8 Å². The van der Waals surface area contributed by atoms with E-state index in [1.54, 1.807) is 0 Å². The Hall–Kier alpha value is -0.570. The highest BCUT2D eigenvalue weighted by Crippen LogP contribution is 2.33. The van der Waals surface area contributed by atoms with Gasteiger partial charge in [0.15, 0.2) is 0 Å². The Bertz CT molecular complexity index is 240. The minimum absolute atomic E-state index is 0.0382. The van der Waals surface area contributed by atoms with E-state index in [0.717, 1.165) is 12.8 Å². The van der Waals surface area contributed by atoms with Gasteiger partial charge >= 0.3 is 5.97 Å². The topological polar surface area (TPSA) is 38.3 Å². The van der Waals surface area contributed by atoms with Gasteiger partial charge in [0.05, 0.1) is 6.10 Å². The molecular formula is C13H23NO2. The Balaban J connectivity index is 1.85. The summed E-state index contributed by atoms with van der Waals surface area (Å²) in [5, 5.41) is 3.45. The Labute approximate surface area is 97.9 Å². The van der Waals surface area contributed by atoms with Crippen molar-refractivity contribution in [3.63, 3.8) is 0 Å². The van der Waals surface area contributed by atoms with Gasteiger partial charge in [0.1, 0.15) is 6.04 Å². The van der Waals surface area contributed by atoms with E-state index in [-0.39, 0.29) is 18.1 Å². The first kappa shape index (κ1) is 11.9. The predicted molar refractivity (Wildman–Crippen MR) is 63.1 cm³/mol. The molecule has 0 aromatic rings. The third-order valence-corrected chi connectivity index (χ3v) is 4.04. The Kier molecular flexibility index (Phi) is 3.85. The van der Waals surface area contributed by atoms with Gasteiger partial charge in [-0.2, -0.15) is 0 Å². The number of fused-ring (bicyclic) bond motifs is 1. The molecule has 4 atom stereocenters. The van der Waals surface area contributed by atoms with E-state index in [9.17, 15) is 4.79 Å². The average Bonchev–Trinajstić information content (AvgIpc) is 2.72. The molecule has 3 heteroatoms. The number of ether oxygens (including phenoxy) is 1. The number of rotatable bonds is 3. The fourth-order valence-electron chi connectivity index (χ4n) is 2.87. The standard InChI is InChI=1S/C13H23NO2/c1-3-9(2)16-13(15)12-8-10-6-4-5-7-11(10)14-12/h9-12,14H,3-8H2,1-2H3. The fraction of sp³-hybridized carbons (Fsp3) is 0.923. The number of hydrogen-bond acceptors (Lipinski definition) is 3. The molecule has 0 bridgehead atoms. The molecule has 3 nitrogen and oxygen atoms in total. The van der Waals surface area contributed by atoms with Gasteiger partial charge in [0.2, 0.25) is 0 Å².